The zero-order chi connectivity index (χ0) is 34.8. The van der Waals surface area contributed by atoms with Gasteiger partial charge in [-0.3, -0.25) is 9.59 Å². The number of hydrogen-bond donors (Lipinski definition) is 4. The van der Waals surface area contributed by atoms with Crippen molar-refractivity contribution in [2.45, 2.75) is 52.1 Å². The molecule has 256 valence electrons. The molecule has 0 unspecified atom stereocenters. The van der Waals surface area contributed by atoms with Crippen LogP contribution in [0.15, 0.2) is 88.7 Å². The first kappa shape index (κ1) is 35.1. The number of carbonyl (C=O) groups is 1. The minimum Gasteiger partial charge on any atom is -0.387 e. The van der Waals surface area contributed by atoms with Crippen LogP contribution in [0.2, 0.25) is 0 Å². The van der Waals surface area contributed by atoms with Crippen LogP contribution >= 0.6 is 0 Å². The van der Waals surface area contributed by atoms with E-state index >= 15 is 0 Å². The molecule has 5 rings (SSSR count). The summed E-state index contributed by atoms with van der Waals surface area (Å²) in [7, 11) is 0. The summed E-state index contributed by atoms with van der Waals surface area (Å²) >= 11 is 0. The number of ether oxygens (including phenoxy) is 2. The molecule has 1 aromatic carbocycles. The quantitative estimate of drug-likeness (QED) is 0.121. The number of amidine groups is 1. The summed E-state index contributed by atoms with van der Waals surface area (Å²) in [6.07, 6.45) is 11.8. The molecular formula is C37H44N8O4. The van der Waals surface area contributed by atoms with Crippen LogP contribution in [0.25, 0.3) is 16.7 Å². The summed E-state index contributed by atoms with van der Waals surface area (Å²) in [6, 6.07) is 11.2. The Morgan fingerprint density at radius 2 is 1.76 bits per heavy atom. The normalized spacial score (nSPS) is 16.7. The number of rotatable bonds is 12. The second-order valence-electron chi connectivity index (χ2n) is 12.4. The first-order chi connectivity index (χ1) is 23.7. The van der Waals surface area contributed by atoms with Gasteiger partial charge in [0.1, 0.15) is 11.4 Å². The molecule has 0 aliphatic carbocycles. The number of nitrogens with one attached hydrogen (secondary N) is 3. The zero-order valence-corrected chi connectivity index (χ0v) is 28.1. The van der Waals surface area contributed by atoms with Gasteiger partial charge in [-0.2, -0.15) is 0 Å². The number of anilines is 1. The highest BCUT2D eigenvalue weighted by molar-refractivity contribution is 6.20. The highest BCUT2D eigenvalue weighted by Gasteiger charge is 2.20. The molecule has 12 heteroatoms. The van der Waals surface area contributed by atoms with E-state index in [1.165, 1.54) is 6.21 Å². The Balaban J connectivity index is 1.29. The van der Waals surface area contributed by atoms with Gasteiger partial charge in [0.2, 0.25) is 5.43 Å². The maximum atomic E-state index is 13.6. The number of benzene rings is 1. The van der Waals surface area contributed by atoms with Crippen molar-refractivity contribution in [2.24, 2.45) is 16.6 Å². The first-order valence-corrected chi connectivity index (χ1v) is 16.5. The lowest BCUT2D eigenvalue weighted by molar-refractivity contribution is 0.0612. The van der Waals surface area contributed by atoms with Gasteiger partial charge in [0.25, 0.3) is 5.91 Å². The molecule has 4 heterocycles. The van der Waals surface area contributed by atoms with Gasteiger partial charge in [-0.25, -0.2) is 4.99 Å². The van der Waals surface area contributed by atoms with Crippen molar-refractivity contribution in [2.75, 3.05) is 31.7 Å². The van der Waals surface area contributed by atoms with Crippen molar-refractivity contribution in [3.63, 3.8) is 0 Å². The van der Waals surface area contributed by atoms with Gasteiger partial charge in [0.15, 0.2) is 5.82 Å². The summed E-state index contributed by atoms with van der Waals surface area (Å²) in [6.45, 7) is 11.4. The highest BCUT2D eigenvalue weighted by atomic mass is 16.5. The molecule has 0 bridgehead atoms. The van der Waals surface area contributed by atoms with E-state index in [2.05, 4.69) is 32.4 Å². The molecule has 1 amide bonds. The maximum absolute atomic E-state index is 13.6. The smallest absolute Gasteiger partial charge is 0.262 e. The summed E-state index contributed by atoms with van der Waals surface area (Å²) in [5.41, 5.74) is 10.3. The van der Waals surface area contributed by atoms with Crippen molar-refractivity contribution in [3.05, 3.63) is 106 Å². The fraction of sp³-hybridized carbons (Fsp3) is 0.351. The number of aliphatic imine (C=N–C) groups is 1. The maximum Gasteiger partial charge on any atom is 0.262 e. The van der Waals surface area contributed by atoms with Gasteiger partial charge >= 0.3 is 0 Å². The fourth-order valence-electron chi connectivity index (χ4n) is 5.60. The molecule has 5 N–H and O–H groups in total. The molecule has 2 aromatic heterocycles. The van der Waals surface area contributed by atoms with Crippen LogP contribution in [0, 0.1) is 18.3 Å². The van der Waals surface area contributed by atoms with Gasteiger partial charge in [0.05, 0.1) is 5.69 Å². The Morgan fingerprint density at radius 1 is 1.06 bits per heavy atom. The van der Waals surface area contributed by atoms with Gasteiger partial charge in [0, 0.05) is 86.7 Å². The van der Waals surface area contributed by atoms with E-state index in [9.17, 15) is 9.59 Å². The second kappa shape index (κ2) is 16.8. The van der Waals surface area contributed by atoms with Crippen molar-refractivity contribution in [3.8, 4) is 11.1 Å². The largest absolute Gasteiger partial charge is 0.387 e. The molecule has 2 aliphatic rings. The third-order valence-electron chi connectivity index (χ3n) is 8.72. The second-order valence-corrected chi connectivity index (χ2v) is 12.4. The minimum atomic E-state index is -0.580. The van der Waals surface area contributed by atoms with Crippen molar-refractivity contribution >= 4 is 29.3 Å². The Bertz CT molecular complexity index is 1800. The number of amides is 1. The van der Waals surface area contributed by atoms with E-state index in [4.69, 9.17) is 20.6 Å². The van der Waals surface area contributed by atoms with E-state index in [1.54, 1.807) is 24.5 Å². The Kier molecular flexibility index (Phi) is 12.0. The van der Waals surface area contributed by atoms with Crippen LogP contribution in [-0.2, 0) is 16.0 Å². The van der Waals surface area contributed by atoms with Gasteiger partial charge in [-0.15, -0.1) is 10.2 Å². The SMILES string of the molecule is C=C(\C(N)=N/C=C(C)/C(C=N)=C/NC1CCOCC1)c1ccc(NC(=O)c2cn(CC3CCOCC3)cc(-c3ccc(C)cc3)c2=O)nn1. The lowest BCUT2D eigenvalue weighted by Gasteiger charge is -2.23. The Morgan fingerprint density at radius 3 is 2.41 bits per heavy atom. The summed E-state index contributed by atoms with van der Waals surface area (Å²) in [5.74, 6) is 0.101. The van der Waals surface area contributed by atoms with E-state index in [0.717, 1.165) is 55.6 Å². The average molecular weight is 665 g/mol. The van der Waals surface area contributed by atoms with Crippen molar-refractivity contribution < 1.29 is 14.3 Å². The summed E-state index contributed by atoms with van der Waals surface area (Å²) < 4.78 is 12.8. The lowest BCUT2D eigenvalue weighted by Crippen LogP contribution is -2.31. The lowest BCUT2D eigenvalue weighted by atomic mass is 9.99. The molecule has 0 radical (unpaired) electrons. The van der Waals surface area contributed by atoms with Gasteiger partial charge in [-0.1, -0.05) is 36.4 Å². The third kappa shape index (κ3) is 9.46. The molecule has 0 atom stereocenters. The minimum absolute atomic E-state index is 0.0141. The number of aromatic nitrogens is 3. The number of pyridine rings is 1. The van der Waals surface area contributed by atoms with Crippen LogP contribution in [-0.4, -0.2) is 65.2 Å². The zero-order valence-electron chi connectivity index (χ0n) is 28.1. The standard InChI is InChI=1S/C37H44N8O4/c1-24-4-6-28(7-5-24)31-22-45(21-27-10-14-48-15-11-27)23-32(35(31)46)37(47)42-34-9-8-33(43-44-34)26(3)36(39)41-19-25(2)29(18-38)20-40-30-12-16-49-17-13-30/h4-9,18-20,22-23,27,30,38,40H,3,10-17,21H2,1-2H3,(H2,39,41)(H,42,44,47)/b25-19+,29-20+,38-18?. The monoisotopic (exact) mass is 664 g/mol. The fourth-order valence-corrected chi connectivity index (χ4v) is 5.60. The molecule has 12 nitrogen and oxygen atoms in total. The predicted octanol–water partition coefficient (Wildman–Crippen LogP) is 4.87. The summed E-state index contributed by atoms with van der Waals surface area (Å²) in [4.78, 5) is 31.5. The van der Waals surface area contributed by atoms with E-state index in [0.29, 0.717) is 54.1 Å². The van der Waals surface area contributed by atoms with E-state index in [-0.39, 0.29) is 22.6 Å². The van der Waals surface area contributed by atoms with Gasteiger partial charge < -0.3 is 35.8 Å². The number of aryl methyl sites for hydroxylation is 1. The summed E-state index contributed by atoms with van der Waals surface area (Å²) in [5, 5.41) is 22.2. The average Bonchev–Trinajstić information content (AvgIpc) is 3.12. The predicted molar refractivity (Wildman–Crippen MR) is 193 cm³/mol. The van der Waals surface area contributed by atoms with Crippen molar-refractivity contribution in [1.29, 1.82) is 5.41 Å². The first-order valence-electron chi connectivity index (χ1n) is 16.5. The molecule has 2 saturated heterocycles. The topological polar surface area (TPSA) is 170 Å². The molecule has 49 heavy (non-hydrogen) atoms. The Hall–Kier alpha value is -5.20. The molecule has 2 aliphatic heterocycles. The third-order valence-corrected chi connectivity index (χ3v) is 8.72. The van der Waals surface area contributed by atoms with Crippen LogP contribution in [0.3, 0.4) is 0 Å². The molecular weight excluding hydrogens is 620 g/mol. The number of hydrogen-bond acceptors (Lipinski definition) is 9. The van der Waals surface area contributed by atoms with Crippen molar-refractivity contribution in [1.82, 2.24) is 20.1 Å². The van der Waals surface area contributed by atoms with E-state index < -0.39 is 5.91 Å². The Labute approximate surface area is 286 Å². The molecule has 0 saturated carbocycles. The number of allylic oxidation sites excluding steroid dienone is 2. The number of nitrogens with zero attached hydrogens (tertiary/aromatic N) is 4. The molecule has 2 fully saturated rings. The van der Waals surface area contributed by atoms with Crippen LogP contribution < -0.4 is 21.8 Å². The van der Waals surface area contributed by atoms with Crippen LogP contribution in [0.5, 0.6) is 0 Å². The van der Waals surface area contributed by atoms with Crippen LogP contribution in [0.4, 0.5) is 5.82 Å². The highest BCUT2D eigenvalue weighted by Crippen LogP contribution is 2.21. The van der Waals surface area contributed by atoms with E-state index in [1.807, 2.05) is 55.1 Å². The number of carbonyl (C=O) groups excluding carboxylic acids is 1. The number of nitrogens with two attached hydrogens (primary N) is 1. The van der Waals surface area contributed by atoms with Gasteiger partial charge in [-0.05, 0) is 68.7 Å². The van der Waals surface area contributed by atoms with Crippen LogP contribution in [0.1, 0.15) is 54.2 Å². The molecule has 0 spiro atoms. The molecule has 3 aromatic rings.